The number of nitrogens with zero attached hydrogens (tertiary/aromatic N) is 1. The summed E-state index contributed by atoms with van der Waals surface area (Å²) in [7, 11) is 0. The number of thiophene rings is 1. The Morgan fingerprint density at radius 2 is 2.16 bits per heavy atom. The van der Waals surface area contributed by atoms with Crippen LogP contribution in [0.5, 0.6) is 0 Å². The van der Waals surface area contributed by atoms with Crippen LogP contribution in [0.3, 0.4) is 0 Å². The molecule has 100 valence electrons. The average Bonchev–Trinajstić information content (AvgIpc) is 2.85. The van der Waals surface area contributed by atoms with Crippen molar-refractivity contribution in [3.05, 3.63) is 25.6 Å². The maximum Gasteiger partial charge on any atom is 0.263 e. The molecule has 0 aromatic carbocycles. The zero-order chi connectivity index (χ0) is 13.0. The lowest BCUT2D eigenvalue weighted by Crippen LogP contribution is -2.28. The second-order valence-electron chi connectivity index (χ2n) is 5.70. The highest BCUT2D eigenvalue weighted by Crippen LogP contribution is 2.35. The number of H-pyrrole nitrogens is 1. The smallest absolute Gasteiger partial charge is 0.263 e. The zero-order valence-corrected chi connectivity index (χ0v) is 12.3. The van der Waals surface area contributed by atoms with Gasteiger partial charge in [-0.3, -0.25) is 9.36 Å². The molecule has 2 aromatic rings. The molecule has 4 rings (SSSR count). The number of rotatable bonds is 2. The van der Waals surface area contributed by atoms with Crippen LogP contribution in [0.2, 0.25) is 0 Å². The predicted molar refractivity (Wildman–Crippen MR) is 80.6 cm³/mol. The first-order chi connectivity index (χ1) is 9.24. The van der Waals surface area contributed by atoms with Gasteiger partial charge in [0.15, 0.2) is 4.77 Å². The van der Waals surface area contributed by atoms with Crippen molar-refractivity contribution in [2.45, 2.75) is 45.1 Å². The molecule has 1 N–H and O–H groups in total. The Morgan fingerprint density at radius 1 is 1.32 bits per heavy atom. The summed E-state index contributed by atoms with van der Waals surface area (Å²) in [5.41, 5.74) is 1.43. The van der Waals surface area contributed by atoms with Gasteiger partial charge in [-0.25, -0.2) is 0 Å². The lowest BCUT2D eigenvalue weighted by molar-refractivity contribution is 0.272. The Hall–Kier alpha value is -0.940. The first-order valence-electron chi connectivity index (χ1n) is 7.01. The topological polar surface area (TPSA) is 37.8 Å². The van der Waals surface area contributed by atoms with Crippen LogP contribution in [0.4, 0.5) is 0 Å². The number of fused-ring (bicyclic) bond motifs is 3. The first kappa shape index (κ1) is 11.9. The Kier molecular flexibility index (Phi) is 2.67. The standard InChI is InChI=1S/C14H16N2OS2/c17-13-11-9-5-2-6-10(9)19-12(11)15-14(18)16(13)7-8-3-1-4-8/h8H,1-7H2,(H,15,18). The molecule has 2 aliphatic rings. The molecule has 0 unspecified atom stereocenters. The molecule has 2 aliphatic carbocycles. The summed E-state index contributed by atoms with van der Waals surface area (Å²) in [5, 5.41) is 0.922. The van der Waals surface area contributed by atoms with E-state index < -0.39 is 0 Å². The predicted octanol–water partition coefficient (Wildman–Crippen LogP) is 3.41. The molecule has 5 heteroatoms. The van der Waals surface area contributed by atoms with E-state index in [-0.39, 0.29) is 5.56 Å². The maximum atomic E-state index is 12.7. The lowest BCUT2D eigenvalue weighted by atomic mass is 9.85. The number of hydrogen-bond acceptors (Lipinski definition) is 3. The minimum absolute atomic E-state index is 0.144. The van der Waals surface area contributed by atoms with Gasteiger partial charge in [-0.15, -0.1) is 11.3 Å². The SMILES string of the molecule is O=c1c2c3c(sc2[nH]c(=S)n1CC1CCC1)CCC3. The fourth-order valence-corrected chi connectivity index (χ4v) is 4.81. The molecule has 2 aromatic heterocycles. The molecule has 0 radical (unpaired) electrons. The summed E-state index contributed by atoms with van der Waals surface area (Å²) in [5.74, 6) is 0.650. The van der Waals surface area contributed by atoms with Crippen LogP contribution in [0.25, 0.3) is 10.2 Å². The summed E-state index contributed by atoms with van der Waals surface area (Å²) in [6.45, 7) is 0.800. The van der Waals surface area contributed by atoms with E-state index in [0.717, 1.165) is 29.6 Å². The first-order valence-corrected chi connectivity index (χ1v) is 8.24. The minimum atomic E-state index is 0.144. The van der Waals surface area contributed by atoms with E-state index in [9.17, 15) is 4.79 Å². The van der Waals surface area contributed by atoms with E-state index in [1.54, 1.807) is 15.9 Å². The van der Waals surface area contributed by atoms with Crippen LogP contribution in [0.1, 0.15) is 36.1 Å². The number of aromatic amines is 1. The number of aryl methyl sites for hydroxylation is 2. The fourth-order valence-electron chi connectivity index (χ4n) is 3.21. The van der Waals surface area contributed by atoms with E-state index >= 15 is 0 Å². The Morgan fingerprint density at radius 3 is 2.89 bits per heavy atom. The molecule has 0 bridgehead atoms. The highest BCUT2D eigenvalue weighted by molar-refractivity contribution is 7.71. The molecule has 1 saturated carbocycles. The molecule has 0 amide bonds. The van der Waals surface area contributed by atoms with E-state index in [1.807, 2.05) is 0 Å². The fraction of sp³-hybridized carbons (Fsp3) is 0.571. The van der Waals surface area contributed by atoms with Gasteiger partial charge in [0.2, 0.25) is 0 Å². The van der Waals surface area contributed by atoms with Crippen LogP contribution >= 0.6 is 23.6 Å². The van der Waals surface area contributed by atoms with Gasteiger partial charge in [0, 0.05) is 11.4 Å². The van der Waals surface area contributed by atoms with Crippen LogP contribution in [-0.4, -0.2) is 9.55 Å². The van der Waals surface area contributed by atoms with Crippen molar-refractivity contribution in [3.63, 3.8) is 0 Å². The molecule has 1 fully saturated rings. The van der Waals surface area contributed by atoms with Gasteiger partial charge >= 0.3 is 0 Å². The zero-order valence-electron chi connectivity index (χ0n) is 10.7. The summed E-state index contributed by atoms with van der Waals surface area (Å²) in [4.78, 5) is 18.4. The highest BCUT2D eigenvalue weighted by atomic mass is 32.1. The van der Waals surface area contributed by atoms with E-state index in [1.165, 1.54) is 36.1 Å². The number of hydrogen-bond donors (Lipinski definition) is 1. The number of nitrogens with one attached hydrogen (secondary N) is 1. The van der Waals surface area contributed by atoms with Gasteiger partial charge in [-0.1, -0.05) is 6.42 Å². The molecular weight excluding hydrogens is 276 g/mol. The van der Waals surface area contributed by atoms with Crippen molar-refractivity contribution in [1.82, 2.24) is 9.55 Å². The summed E-state index contributed by atoms with van der Waals surface area (Å²) in [6.07, 6.45) is 7.14. The van der Waals surface area contributed by atoms with Crippen molar-refractivity contribution >= 4 is 33.8 Å². The summed E-state index contributed by atoms with van der Waals surface area (Å²) >= 11 is 7.10. The van der Waals surface area contributed by atoms with Gasteiger partial charge < -0.3 is 4.98 Å². The molecular formula is C14H16N2OS2. The quantitative estimate of drug-likeness (QED) is 0.861. The third-order valence-electron chi connectivity index (χ3n) is 4.51. The second-order valence-corrected chi connectivity index (χ2v) is 7.20. The molecule has 19 heavy (non-hydrogen) atoms. The van der Waals surface area contributed by atoms with Gasteiger partial charge in [0.1, 0.15) is 4.83 Å². The third-order valence-corrected chi connectivity index (χ3v) is 6.04. The average molecular weight is 292 g/mol. The normalized spacial score (nSPS) is 18.7. The highest BCUT2D eigenvalue weighted by Gasteiger charge is 2.23. The van der Waals surface area contributed by atoms with Gasteiger partial charge in [-0.2, -0.15) is 0 Å². The monoisotopic (exact) mass is 292 g/mol. The Bertz CT molecular complexity index is 764. The van der Waals surface area contributed by atoms with Gasteiger partial charge in [0.05, 0.1) is 5.39 Å². The summed E-state index contributed by atoms with van der Waals surface area (Å²) in [6, 6.07) is 0. The molecule has 0 saturated heterocycles. The van der Waals surface area contributed by atoms with Gasteiger partial charge in [-0.05, 0) is 55.8 Å². The second kappa shape index (κ2) is 4.28. The van der Waals surface area contributed by atoms with Crippen molar-refractivity contribution in [2.24, 2.45) is 5.92 Å². The largest absolute Gasteiger partial charge is 0.323 e. The Balaban J connectivity index is 1.93. The molecule has 2 heterocycles. The van der Waals surface area contributed by atoms with Crippen LogP contribution in [0.15, 0.2) is 4.79 Å². The maximum absolute atomic E-state index is 12.7. The molecule has 0 atom stereocenters. The van der Waals surface area contributed by atoms with E-state index in [0.29, 0.717) is 10.7 Å². The number of aromatic nitrogens is 2. The van der Waals surface area contributed by atoms with Gasteiger partial charge in [0.25, 0.3) is 5.56 Å². The van der Waals surface area contributed by atoms with Crippen LogP contribution in [-0.2, 0) is 19.4 Å². The third kappa shape index (κ3) is 1.75. The summed E-state index contributed by atoms with van der Waals surface area (Å²) < 4.78 is 2.40. The lowest BCUT2D eigenvalue weighted by Gasteiger charge is -2.25. The van der Waals surface area contributed by atoms with Crippen molar-refractivity contribution in [3.8, 4) is 0 Å². The minimum Gasteiger partial charge on any atom is -0.323 e. The molecule has 3 nitrogen and oxygen atoms in total. The van der Waals surface area contributed by atoms with Crippen LogP contribution in [0, 0.1) is 10.7 Å². The van der Waals surface area contributed by atoms with Crippen molar-refractivity contribution in [2.75, 3.05) is 0 Å². The van der Waals surface area contributed by atoms with Crippen molar-refractivity contribution < 1.29 is 0 Å². The molecule has 0 spiro atoms. The molecule has 0 aliphatic heterocycles. The van der Waals surface area contributed by atoms with Crippen molar-refractivity contribution in [1.29, 1.82) is 0 Å². The van der Waals surface area contributed by atoms with E-state index in [2.05, 4.69) is 4.98 Å². The Labute approximate surface area is 120 Å². The van der Waals surface area contributed by atoms with Crippen LogP contribution < -0.4 is 5.56 Å². The van der Waals surface area contributed by atoms with E-state index in [4.69, 9.17) is 12.2 Å².